The fourth-order valence-electron chi connectivity index (χ4n) is 1.44. The minimum absolute atomic E-state index is 0.229. The van der Waals surface area contributed by atoms with Crippen molar-refractivity contribution in [2.24, 2.45) is 5.41 Å². The van der Waals surface area contributed by atoms with Crippen LogP contribution < -0.4 is 0 Å². The fourth-order valence-corrected chi connectivity index (χ4v) is 1.88. The highest BCUT2D eigenvalue weighted by Gasteiger charge is 2.70. The van der Waals surface area contributed by atoms with Gasteiger partial charge >= 0.3 is 0 Å². The molecule has 2 saturated carbocycles. The van der Waals surface area contributed by atoms with Gasteiger partial charge in [0.05, 0.1) is 0 Å². The van der Waals surface area contributed by atoms with Crippen molar-refractivity contribution in [3.63, 3.8) is 0 Å². The number of alkyl halides is 1. The van der Waals surface area contributed by atoms with Gasteiger partial charge in [0.1, 0.15) is 0 Å². The van der Waals surface area contributed by atoms with Crippen LogP contribution in [0.1, 0.15) is 26.2 Å². The van der Waals surface area contributed by atoms with Gasteiger partial charge in [-0.1, -0.05) is 0 Å². The zero-order valence-electron chi connectivity index (χ0n) is 4.50. The molecule has 0 aliphatic heterocycles. The number of rotatable bonds is 0. The van der Waals surface area contributed by atoms with E-state index >= 15 is 0 Å². The maximum Gasteiger partial charge on any atom is 0.0481 e. The van der Waals surface area contributed by atoms with Gasteiger partial charge in [0.2, 0.25) is 0 Å². The van der Waals surface area contributed by atoms with Crippen LogP contribution in [0.3, 0.4) is 0 Å². The maximum atomic E-state index is 6.00. The van der Waals surface area contributed by atoms with Crippen molar-refractivity contribution in [1.82, 2.24) is 0 Å². The lowest BCUT2D eigenvalue weighted by Gasteiger charge is -1.91. The molecule has 0 bridgehead atoms. The Labute approximate surface area is 48.9 Å². The molecular weight excluding hydrogens is 108 g/mol. The van der Waals surface area contributed by atoms with E-state index in [1.807, 2.05) is 0 Å². The molecular formula is C6H9Cl. The largest absolute Gasteiger partial charge is 0.119 e. The zero-order chi connectivity index (χ0) is 5.12. The average Bonchev–Trinajstić information content (AvgIpc) is 2.22. The van der Waals surface area contributed by atoms with E-state index in [0.717, 1.165) is 0 Å². The Balaban J connectivity index is 2.22. The van der Waals surface area contributed by atoms with E-state index in [1.54, 1.807) is 0 Å². The summed E-state index contributed by atoms with van der Waals surface area (Å²) in [5.41, 5.74) is 0.661. The van der Waals surface area contributed by atoms with Crippen molar-refractivity contribution in [3.05, 3.63) is 0 Å². The van der Waals surface area contributed by atoms with Crippen molar-refractivity contribution in [1.29, 1.82) is 0 Å². The molecule has 7 heavy (non-hydrogen) atoms. The third-order valence-corrected chi connectivity index (χ3v) is 3.04. The first-order valence-electron chi connectivity index (χ1n) is 2.85. The second kappa shape index (κ2) is 0.753. The second-order valence-corrected chi connectivity index (χ2v) is 3.99. The van der Waals surface area contributed by atoms with Crippen molar-refractivity contribution in [2.75, 3.05) is 0 Å². The van der Waals surface area contributed by atoms with Crippen LogP contribution in [-0.4, -0.2) is 4.87 Å². The molecule has 0 aromatic heterocycles. The highest BCUT2D eigenvalue weighted by Crippen LogP contribution is 2.75. The summed E-state index contributed by atoms with van der Waals surface area (Å²) in [5.74, 6) is 0. The van der Waals surface area contributed by atoms with Gasteiger partial charge in [-0.2, -0.15) is 0 Å². The molecule has 2 rings (SSSR count). The summed E-state index contributed by atoms with van der Waals surface area (Å²) in [7, 11) is 0. The van der Waals surface area contributed by atoms with E-state index in [4.69, 9.17) is 11.6 Å². The lowest BCUT2D eigenvalue weighted by atomic mass is 10.3. The molecule has 2 aliphatic carbocycles. The van der Waals surface area contributed by atoms with Crippen LogP contribution >= 0.6 is 11.6 Å². The Morgan fingerprint density at radius 3 is 1.86 bits per heavy atom. The number of hydrogen-bond donors (Lipinski definition) is 0. The first-order valence-corrected chi connectivity index (χ1v) is 3.23. The van der Waals surface area contributed by atoms with Crippen LogP contribution in [-0.2, 0) is 0 Å². The molecule has 1 heteroatoms. The van der Waals surface area contributed by atoms with Crippen molar-refractivity contribution in [2.45, 2.75) is 31.1 Å². The predicted octanol–water partition coefficient (Wildman–Crippen LogP) is 2.17. The van der Waals surface area contributed by atoms with Crippen molar-refractivity contribution in [3.8, 4) is 0 Å². The molecule has 40 valence electrons. The van der Waals surface area contributed by atoms with E-state index in [-0.39, 0.29) is 4.87 Å². The lowest BCUT2D eigenvalue weighted by Crippen LogP contribution is -1.91. The van der Waals surface area contributed by atoms with E-state index in [2.05, 4.69) is 6.92 Å². The Bertz CT molecular complexity index is 109. The summed E-state index contributed by atoms with van der Waals surface area (Å²) >= 11 is 6.00. The number of halogens is 1. The molecule has 1 spiro atoms. The predicted molar refractivity (Wildman–Crippen MR) is 30.5 cm³/mol. The molecule has 1 unspecified atom stereocenters. The van der Waals surface area contributed by atoms with Crippen LogP contribution in [0.2, 0.25) is 0 Å². The van der Waals surface area contributed by atoms with Crippen LogP contribution in [0, 0.1) is 5.41 Å². The van der Waals surface area contributed by atoms with Gasteiger partial charge in [-0.3, -0.25) is 0 Å². The highest BCUT2D eigenvalue weighted by molar-refractivity contribution is 6.26. The Morgan fingerprint density at radius 2 is 1.86 bits per heavy atom. The van der Waals surface area contributed by atoms with Gasteiger partial charge in [-0.05, 0) is 31.6 Å². The molecule has 2 fully saturated rings. The van der Waals surface area contributed by atoms with E-state index < -0.39 is 0 Å². The topological polar surface area (TPSA) is 0 Å². The smallest absolute Gasteiger partial charge is 0.0481 e. The molecule has 0 radical (unpaired) electrons. The Hall–Kier alpha value is 0.290. The third kappa shape index (κ3) is 0.346. The molecule has 0 saturated heterocycles. The first-order chi connectivity index (χ1) is 3.16. The highest BCUT2D eigenvalue weighted by atomic mass is 35.5. The lowest BCUT2D eigenvalue weighted by molar-refractivity contribution is 0.801. The molecule has 1 atom stereocenters. The monoisotopic (exact) mass is 116 g/mol. The number of hydrogen-bond acceptors (Lipinski definition) is 0. The van der Waals surface area contributed by atoms with Gasteiger partial charge in [0.25, 0.3) is 0 Å². The van der Waals surface area contributed by atoms with Gasteiger partial charge < -0.3 is 0 Å². The summed E-state index contributed by atoms with van der Waals surface area (Å²) < 4.78 is 0. The summed E-state index contributed by atoms with van der Waals surface area (Å²) in [4.78, 5) is 0.229. The van der Waals surface area contributed by atoms with Crippen LogP contribution in [0.4, 0.5) is 0 Å². The molecule has 0 nitrogen and oxygen atoms in total. The Kier molecular flexibility index (Phi) is 0.451. The minimum atomic E-state index is 0.229. The van der Waals surface area contributed by atoms with E-state index in [0.29, 0.717) is 5.41 Å². The van der Waals surface area contributed by atoms with Crippen molar-refractivity contribution >= 4 is 11.6 Å². The third-order valence-electron chi connectivity index (χ3n) is 2.50. The molecule has 0 heterocycles. The van der Waals surface area contributed by atoms with Crippen molar-refractivity contribution < 1.29 is 0 Å². The SMILES string of the molecule is CC1(Cl)CC12CC2. The maximum absolute atomic E-state index is 6.00. The Morgan fingerprint density at radius 1 is 1.43 bits per heavy atom. The molecule has 0 aromatic carbocycles. The molecule has 0 N–H and O–H groups in total. The van der Waals surface area contributed by atoms with Crippen LogP contribution in [0.5, 0.6) is 0 Å². The summed E-state index contributed by atoms with van der Waals surface area (Å²) in [6, 6.07) is 0. The van der Waals surface area contributed by atoms with E-state index in [1.165, 1.54) is 19.3 Å². The van der Waals surface area contributed by atoms with Gasteiger partial charge in [0, 0.05) is 4.87 Å². The van der Waals surface area contributed by atoms with Crippen LogP contribution in [0.25, 0.3) is 0 Å². The standard InChI is InChI=1S/C6H9Cl/c1-5(7)4-6(5)2-3-6/h2-4H2,1H3. The van der Waals surface area contributed by atoms with Gasteiger partial charge in [-0.15, -0.1) is 11.6 Å². The zero-order valence-corrected chi connectivity index (χ0v) is 5.26. The summed E-state index contributed by atoms with van der Waals surface area (Å²) in [5, 5.41) is 0. The van der Waals surface area contributed by atoms with Gasteiger partial charge in [0.15, 0.2) is 0 Å². The molecule has 0 aromatic rings. The quantitative estimate of drug-likeness (QED) is 0.426. The minimum Gasteiger partial charge on any atom is -0.119 e. The van der Waals surface area contributed by atoms with E-state index in [9.17, 15) is 0 Å². The fraction of sp³-hybridized carbons (Fsp3) is 1.00. The summed E-state index contributed by atoms with van der Waals surface area (Å²) in [6.07, 6.45) is 4.07. The summed E-state index contributed by atoms with van der Waals surface area (Å²) in [6.45, 7) is 2.15. The normalized spacial score (nSPS) is 52.3. The molecule has 0 amide bonds. The average molecular weight is 117 g/mol. The first kappa shape index (κ1) is 4.20. The van der Waals surface area contributed by atoms with Crippen LogP contribution in [0.15, 0.2) is 0 Å². The second-order valence-electron chi connectivity index (χ2n) is 3.15. The van der Waals surface area contributed by atoms with Gasteiger partial charge in [-0.25, -0.2) is 0 Å². The molecule has 2 aliphatic rings.